The average Bonchev–Trinajstić information content (AvgIpc) is 2.92. The standard InChI is InChI=1S/C11H11N3O4S2/c1-7(10-12-4-5-19-10)14-20(17,18)9-3-2-8(6-13-9)11(15)16/h2-7,14H,1H3,(H,15,16). The number of carboxylic acids is 1. The second kappa shape index (κ2) is 5.65. The molecule has 2 heterocycles. The Kier molecular flexibility index (Phi) is 4.12. The number of hydrogen-bond acceptors (Lipinski definition) is 6. The number of thiazole rings is 1. The molecule has 2 aromatic rings. The molecule has 0 saturated heterocycles. The number of nitrogens with zero attached hydrogens (tertiary/aromatic N) is 2. The van der Waals surface area contributed by atoms with Gasteiger partial charge in [0, 0.05) is 17.8 Å². The van der Waals surface area contributed by atoms with Crippen molar-refractivity contribution < 1.29 is 18.3 Å². The minimum atomic E-state index is -3.82. The number of carboxylic acid groups (broad SMARTS) is 1. The minimum Gasteiger partial charge on any atom is -0.478 e. The quantitative estimate of drug-likeness (QED) is 0.860. The molecule has 0 amide bonds. The van der Waals surface area contributed by atoms with Gasteiger partial charge in [-0.15, -0.1) is 11.3 Å². The number of carbonyl (C=O) groups is 1. The van der Waals surface area contributed by atoms with Gasteiger partial charge in [0.15, 0.2) is 5.03 Å². The Labute approximate surface area is 119 Å². The van der Waals surface area contributed by atoms with Crippen LogP contribution in [0.4, 0.5) is 0 Å². The van der Waals surface area contributed by atoms with E-state index in [-0.39, 0.29) is 10.6 Å². The molecule has 0 aliphatic rings. The highest BCUT2D eigenvalue weighted by atomic mass is 32.2. The second-order valence-corrected chi connectivity index (χ2v) is 6.49. The van der Waals surface area contributed by atoms with Gasteiger partial charge in [0.05, 0.1) is 11.6 Å². The summed E-state index contributed by atoms with van der Waals surface area (Å²) < 4.78 is 26.6. The fourth-order valence-electron chi connectivity index (χ4n) is 1.46. The minimum absolute atomic E-state index is 0.0723. The van der Waals surface area contributed by atoms with Gasteiger partial charge in [0.25, 0.3) is 10.0 Å². The largest absolute Gasteiger partial charge is 0.478 e. The Bertz CT molecular complexity index is 696. The first kappa shape index (κ1) is 14.6. The average molecular weight is 313 g/mol. The number of aromatic carboxylic acids is 1. The van der Waals surface area contributed by atoms with Crippen LogP contribution in [0.5, 0.6) is 0 Å². The lowest BCUT2D eigenvalue weighted by atomic mass is 10.3. The zero-order valence-corrected chi connectivity index (χ0v) is 12.0. The summed E-state index contributed by atoms with van der Waals surface area (Å²) in [4.78, 5) is 18.4. The van der Waals surface area contributed by atoms with Crippen molar-refractivity contribution >= 4 is 27.3 Å². The third-order valence-corrected chi connectivity index (χ3v) is 4.83. The molecule has 0 spiro atoms. The van der Waals surface area contributed by atoms with Gasteiger partial charge in [0.2, 0.25) is 0 Å². The zero-order valence-electron chi connectivity index (χ0n) is 10.3. The van der Waals surface area contributed by atoms with Crippen molar-refractivity contribution in [3.05, 3.63) is 40.5 Å². The molecule has 1 unspecified atom stereocenters. The predicted molar refractivity (Wildman–Crippen MR) is 72.0 cm³/mol. The number of hydrogen-bond donors (Lipinski definition) is 2. The van der Waals surface area contributed by atoms with Crippen LogP contribution < -0.4 is 4.72 Å². The molecule has 1 atom stereocenters. The van der Waals surface area contributed by atoms with Crippen molar-refractivity contribution in [2.24, 2.45) is 0 Å². The monoisotopic (exact) mass is 313 g/mol. The smallest absolute Gasteiger partial charge is 0.337 e. The van der Waals surface area contributed by atoms with E-state index >= 15 is 0 Å². The van der Waals surface area contributed by atoms with Crippen LogP contribution in [-0.2, 0) is 10.0 Å². The molecular formula is C11H11N3O4S2. The van der Waals surface area contributed by atoms with Gasteiger partial charge < -0.3 is 5.11 Å². The van der Waals surface area contributed by atoms with Gasteiger partial charge >= 0.3 is 5.97 Å². The molecule has 0 bridgehead atoms. The number of sulfonamides is 1. The van der Waals surface area contributed by atoms with Crippen LogP contribution in [0.15, 0.2) is 34.9 Å². The summed E-state index contributed by atoms with van der Waals surface area (Å²) in [6.07, 6.45) is 2.59. The Morgan fingerprint density at radius 3 is 2.65 bits per heavy atom. The summed E-state index contributed by atoms with van der Waals surface area (Å²) in [6, 6.07) is 1.86. The number of aromatic nitrogens is 2. The van der Waals surface area contributed by atoms with Crippen molar-refractivity contribution in [2.45, 2.75) is 18.0 Å². The Morgan fingerprint density at radius 2 is 2.15 bits per heavy atom. The van der Waals surface area contributed by atoms with E-state index in [1.165, 1.54) is 17.4 Å². The summed E-state index contributed by atoms with van der Waals surface area (Å²) >= 11 is 1.34. The van der Waals surface area contributed by atoms with Crippen LogP contribution in [-0.4, -0.2) is 29.5 Å². The van der Waals surface area contributed by atoms with E-state index in [9.17, 15) is 13.2 Å². The van der Waals surface area contributed by atoms with Gasteiger partial charge in [0.1, 0.15) is 5.01 Å². The number of rotatable bonds is 5. The van der Waals surface area contributed by atoms with Crippen molar-refractivity contribution in [1.29, 1.82) is 0 Å². The van der Waals surface area contributed by atoms with Crippen LogP contribution in [0, 0.1) is 0 Å². The Morgan fingerprint density at radius 1 is 1.40 bits per heavy atom. The van der Waals surface area contributed by atoms with Gasteiger partial charge in [-0.05, 0) is 19.1 Å². The van der Waals surface area contributed by atoms with Crippen LogP contribution in [0.25, 0.3) is 0 Å². The second-order valence-electron chi connectivity index (χ2n) is 3.90. The van der Waals surface area contributed by atoms with Crippen molar-refractivity contribution in [3.63, 3.8) is 0 Å². The van der Waals surface area contributed by atoms with Crippen LogP contribution in [0.1, 0.15) is 28.3 Å². The van der Waals surface area contributed by atoms with Crippen molar-refractivity contribution in [3.8, 4) is 0 Å². The molecule has 0 aliphatic heterocycles. The summed E-state index contributed by atoms with van der Waals surface area (Å²) in [5.41, 5.74) is -0.0723. The first-order chi connectivity index (χ1) is 9.40. The maximum atomic E-state index is 12.1. The highest BCUT2D eigenvalue weighted by molar-refractivity contribution is 7.89. The number of pyridine rings is 1. The lowest BCUT2D eigenvalue weighted by Gasteiger charge is -2.11. The Balaban J connectivity index is 2.20. The molecule has 0 radical (unpaired) electrons. The summed E-state index contributed by atoms with van der Waals surface area (Å²) in [5, 5.41) is 10.9. The van der Waals surface area contributed by atoms with Crippen LogP contribution in [0.2, 0.25) is 0 Å². The predicted octanol–water partition coefficient (Wildman–Crippen LogP) is 1.28. The maximum absolute atomic E-state index is 12.1. The molecular weight excluding hydrogens is 302 g/mol. The first-order valence-corrected chi connectivity index (χ1v) is 7.87. The SMILES string of the molecule is CC(NS(=O)(=O)c1ccc(C(=O)O)cn1)c1nccs1. The van der Waals surface area contributed by atoms with Gasteiger partial charge in [-0.2, -0.15) is 0 Å². The molecule has 7 nitrogen and oxygen atoms in total. The van der Waals surface area contributed by atoms with Crippen LogP contribution >= 0.6 is 11.3 Å². The molecule has 9 heteroatoms. The van der Waals surface area contributed by atoms with Gasteiger partial charge in [-0.3, -0.25) is 0 Å². The van der Waals surface area contributed by atoms with E-state index < -0.39 is 22.0 Å². The maximum Gasteiger partial charge on any atom is 0.337 e. The van der Waals surface area contributed by atoms with E-state index in [1.54, 1.807) is 18.5 Å². The van der Waals surface area contributed by atoms with E-state index in [2.05, 4.69) is 14.7 Å². The molecule has 2 rings (SSSR count). The highest BCUT2D eigenvalue weighted by Crippen LogP contribution is 2.17. The van der Waals surface area contributed by atoms with Crippen LogP contribution in [0.3, 0.4) is 0 Å². The number of nitrogens with one attached hydrogen (secondary N) is 1. The van der Waals surface area contributed by atoms with Gasteiger partial charge in [-0.25, -0.2) is 27.9 Å². The topological polar surface area (TPSA) is 109 Å². The molecule has 0 saturated carbocycles. The highest BCUT2D eigenvalue weighted by Gasteiger charge is 2.21. The van der Waals surface area contributed by atoms with E-state index in [0.717, 1.165) is 12.3 Å². The molecule has 20 heavy (non-hydrogen) atoms. The molecule has 2 aromatic heterocycles. The van der Waals surface area contributed by atoms with Gasteiger partial charge in [-0.1, -0.05) is 0 Å². The normalized spacial score (nSPS) is 13.1. The molecule has 0 fully saturated rings. The Hall–Kier alpha value is -1.84. The molecule has 0 aliphatic carbocycles. The first-order valence-electron chi connectivity index (χ1n) is 5.51. The fourth-order valence-corrected chi connectivity index (χ4v) is 3.31. The molecule has 2 N–H and O–H groups in total. The molecule has 106 valence electrons. The lowest BCUT2D eigenvalue weighted by molar-refractivity contribution is 0.0696. The third kappa shape index (κ3) is 3.18. The van der Waals surface area contributed by atoms with E-state index in [4.69, 9.17) is 5.11 Å². The lowest BCUT2D eigenvalue weighted by Crippen LogP contribution is -2.27. The van der Waals surface area contributed by atoms with Crippen molar-refractivity contribution in [2.75, 3.05) is 0 Å². The van der Waals surface area contributed by atoms with Crippen molar-refractivity contribution in [1.82, 2.24) is 14.7 Å². The summed E-state index contributed by atoms with van der Waals surface area (Å²) in [6.45, 7) is 1.67. The summed E-state index contributed by atoms with van der Waals surface area (Å²) in [5.74, 6) is -1.16. The van der Waals surface area contributed by atoms with E-state index in [1.807, 2.05) is 0 Å². The zero-order chi connectivity index (χ0) is 14.8. The van der Waals surface area contributed by atoms with E-state index in [0.29, 0.717) is 5.01 Å². The fraction of sp³-hybridized carbons (Fsp3) is 0.182. The third-order valence-electron chi connectivity index (χ3n) is 2.41. The molecule has 0 aromatic carbocycles. The summed E-state index contributed by atoms with van der Waals surface area (Å²) in [7, 11) is -3.82.